The second-order valence-electron chi connectivity index (χ2n) is 3.58. The molecule has 1 aromatic carbocycles. The van der Waals surface area contributed by atoms with E-state index >= 15 is 0 Å². The van der Waals surface area contributed by atoms with E-state index in [4.69, 9.17) is 4.74 Å². The van der Waals surface area contributed by atoms with Gasteiger partial charge in [0.2, 0.25) is 0 Å². The van der Waals surface area contributed by atoms with Crippen molar-refractivity contribution >= 4 is 18.3 Å². The summed E-state index contributed by atoms with van der Waals surface area (Å²) in [5.74, 6) is 1.78. The Morgan fingerprint density at radius 2 is 2.36 bits per heavy atom. The maximum atomic E-state index is 5.55. The van der Waals surface area contributed by atoms with Gasteiger partial charge in [-0.1, -0.05) is 0 Å². The van der Waals surface area contributed by atoms with Gasteiger partial charge in [-0.3, -0.25) is 0 Å². The molecule has 3 heteroatoms. The Bertz CT molecular complexity index is 327. The molecule has 0 atom stereocenters. The van der Waals surface area contributed by atoms with Gasteiger partial charge in [0.1, 0.15) is 5.75 Å². The first kappa shape index (κ1) is 9.71. The lowest BCUT2D eigenvalue weighted by Gasteiger charge is -2.21. The first-order valence-electron chi connectivity index (χ1n) is 4.89. The zero-order valence-corrected chi connectivity index (χ0v) is 9.26. The molecule has 1 aromatic rings. The Morgan fingerprint density at radius 1 is 1.50 bits per heavy atom. The summed E-state index contributed by atoms with van der Waals surface area (Å²) in [6.45, 7) is 0.856. The molecule has 0 fully saturated rings. The number of benzene rings is 1. The molecule has 1 aliphatic heterocycles. The molecule has 2 nitrogen and oxygen atoms in total. The normalized spacial score (nSPS) is 14.4. The molecular weight excluding hydrogens is 194 g/mol. The maximum Gasteiger partial charge on any atom is 0.122 e. The van der Waals surface area contributed by atoms with E-state index in [9.17, 15) is 0 Å². The van der Waals surface area contributed by atoms with Crippen molar-refractivity contribution in [1.82, 2.24) is 0 Å². The zero-order valence-electron chi connectivity index (χ0n) is 8.36. The van der Waals surface area contributed by atoms with Gasteiger partial charge < -0.3 is 9.64 Å². The van der Waals surface area contributed by atoms with Crippen molar-refractivity contribution in [3.8, 4) is 5.75 Å². The topological polar surface area (TPSA) is 12.5 Å². The average molecular weight is 209 g/mol. The molecule has 1 aliphatic rings. The van der Waals surface area contributed by atoms with Gasteiger partial charge in [0.05, 0.1) is 12.5 Å². The predicted octanol–water partition coefficient (Wildman–Crippen LogP) is 2.34. The second kappa shape index (κ2) is 4.13. The van der Waals surface area contributed by atoms with Gasteiger partial charge in [0.25, 0.3) is 0 Å². The smallest absolute Gasteiger partial charge is 0.122 e. The van der Waals surface area contributed by atoms with Crippen LogP contribution in [0.2, 0.25) is 0 Å². The monoisotopic (exact) mass is 209 g/mol. The number of nitrogens with zero attached hydrogens (tertiary/aromatic N) is 1. The highest BCUT2D eigenvalue weighted by Crippen LogP contribution is 2.28. The maximum absolute atomic E-state index is 5.55. The number of rotatable bonds is 2. The number of anilines is 1. The SMILES string of the molecule is CN(CS)c1ccc2c(c1)CCCO2. The summed E-state index contributed by atoms with van der Waals surface area (Å²) in [7, 11) is 2.04. The van der Waals surface area contributed by atoms with Crippen LogP contribution in [0.4, 0.5) is 5.69 Å². The first-order chi connectivity index (χ1) is 6.81. The minimum atomic E-state index is 0.736. The molecule has 0 aliphatic carbocycles. The van der Waals surface area contributed by atoms with Gasteiger partial charge in [-0.25, -0.2) is 0 Å². The molecular formula is C11H15NOS. The van der Waals surface area contributed by atoms with Gasteiger partial charge >= 0.3 is 0 Å². The van der Waals surface area contributed by atoms with E-state index in [-0.39, 0.29) is 0 Å². The Kier molecular flexibility index (Phi) is 2.87. The molecule has 2 rings (SSSR count). The van der Waals surface area contributed by atoms with E-state index in [1.807, 2.05) is 7.05 Å². The van der Waals surface area contributed by atoms with Gasteiger partial charge in [-0.05, 0) is 36.6 Å². The van der Waals surface area contributed by atoms with E-state index in [0.29, 0.717) is 0 Å². The molecule has 0 saturated heterocycles. The number of thiol groups is 1. The van der Waals surface area contributed by atoms with Crippen LogP contribution in [0.3, 0.4) is 0 Å². The number of hydrogen-bond acceptors (Lipinski definition) is 3. The van der Waals surface area contributed by atoms with E-state index in [2.05, 4.69) is 35.7 Å². The summed E-state index contributed by atoms with van der Waals surface area (Å²) in [6.07, 6.45) is 2.25. The third-order valence-corrected chi connectivity index (χ3v) is 2.97. The summed E-state index contributed by atoms with van der Waals surface area (Å²) in [5, 5.41) is 0. The molecule has 0 aromatic heterocycles. The Labute approximate surface area is 90.3 Å². The fourth-order valence-electron chi connectivity index (χ4n) is 1.67. The number of ether oxygens (including phenoxy) is 1. The third kappa shape index (κ3) is 1.82. The van der Waals surface area contributed by atoms with Crippen LogP contribution in [-0.2, 0) is 6.42 Å². The molecule has 76 valence electrons. The summed E-state index contributed by atoms with van der Waals surface area (Å²) in [6, 6.07) is 6.34. The van der Waals surface area contributed by atoms with E-state index in [1.165, 1.54) is 11.3 Å². The molecule has 0 saturated carbocycles. The first-order valence-corrected chi connectivity index (χ1v) is 5.52. The molecule has 0 amide bonds. The van der Waals surface area contributed by atoms with E-state index in [0.717, 1.165) is 31.1 Å². The minimum Gasteiger partial charge on any atom is -0.493 e. The van der Waals surface area contributed by atoms with Crippen molar-refractivity contribution < 1.29 is 4.74 Å². The van der Waals surface area contributed by atoms with Crippen LogP contribution in [0.5, 0.6) is 5.75 Å². The highest BCUT2D eigenvalue weighted by Gasteiger charge is 2.11. The van der Waals surface area contributed by atoms with Crippen molar-refractivity contribution in [1.29, 1.82) is 0 Å². The highest BCUT2D eigenvalue weighted by atomic mass is 32.1. The molecule has 0 bridgehead atoms. The summed E-state index contributed by atoms with van der Waals surface area (Å²) in [5.41, 5.74) is 2.53. The van der Waals surface area contributed by atoms with Gasteiger partial charge in [-0.15, -0.1) is 0 Å². The summed E-state index contributed by atoms with van der Waals surface area (Å²) >= 11 is 4.25. The molecule has 0 spiro atoms. The van der Waals surface area contributed by atoms with Gasteiger partial charge in [0, 0.05) is 12.7 Å². The molecule has 14 heavy (non-hydrogen) atoms. The molecule has 0 radical (unpaired) electrons. The standard InChI is InChI=1S/C11H15NOS/c1-12(8-14)10-4-5-11-9(7-10)3-2-6-13-11/h4-5,7,14H,2-3,6,8H2,1H3. The lowest BCUT2D eigenvalue weighted by Crippen LogP contribution is -2.15. The fourth-order valence-corrected chi connectivity index (χ4v) is 1.83. The lowest BCUT2D eigenvalue weighted by atomic mass is 10.1. The van der Waals surface area contributed by atoms with Crippen LogP contribution in [0, 0.1) is 0 Å². The van der Waals surface area contributed by atoms with Gasteiger partial charge in [0.15, 0.2) is 0 Å². The summed E-state index contributed by atoms with van der Waals surface area (Å²) in [4.78, 5) is 2.11. The fraction of sp³-hybridized carbons (Fsp3) is 0.455. The van der Waals surface area contributed by atoms with Crippen molar-refractivity contribution in [3.63, 3.8) is 0 Å². The van der Waals surface area contributed by atoms with Gasteiger partial charge in [-0.2, -0.15) is 12.6 Å². The average Bonchev–Trinajstić information content (AvgIpc) is 2.27. The molecule has 1 heterocycles. The molecule has 0 unspecified atom stereocenters. The van der Waals surface area contributed by atoms with E-state index < -0.39 is 0 Å². The minimum absolute atomic E-state index is 0.736. The number of fused-ring (bicyclic) bond motifs is 1. The zero-order chi connectivity index (χ0) is 9.97. The van der Waals surface area contributed by atoms with Crippen molar-refractivity contribution in [3.05, 3.63) is 23.8 Å². The van der Waals surface area contributed by atoms with E-state index in [1.54, 1.807) is 0 Å². The third-order valence-electron chi connectivity index (χ3n) is 2.54. The van der Waals surface area contributed by atoms with Crippen molar-refractivity contribution in [2.24, 2.45) is 0 Å². The van der Waals surface area contributed by atoms with Crippen LogP contribution in [0.1, 0.15) is 12.0 Å². The lowest BCUT2D eigenvalue weighted by molar-refractivity contribution is 0.288. The van der Waals surface area contributed by atoms with Crippen molar-refractivity contribution in [2.75, 3.05) is 24.4 Å². The van der Waals surface area contributed by atoms with Crippen LogP contribution >= 0.6 is 12.6 Å². The largest absolute Gasteiger partial charge is 0.493 e. The van der Waals surface area contributed by atoms with Crippen molar-refractivity contribution in [2.45, 2.75) is 12.8 Å². The predicted molar refractivity (Wildman–Crippen MR) is 62.5 cm³/mol. The second-order valence-corrected chi connectivity index (χ2v) is 3.87. The van der Waals surface area contributed by atoms with Crippen LogP contribution in [-0.4, -0.2) is 19.5 Å². The quantitative estimate of drug-likeness (QED) is 0.593. The van der Waals surface area contributed by atoms with Crippen LogP contribution in [0.25, 0.3) is 0 Å². The Hall–Kier alpha value is -0.830. The Balaban J connectivity index is 2.29. The number of aryl methyl sites for hydroxylation is 1. The highest BCUT2D eigenvalue weighted by molar-refractivity contribution is 7.80. The van der Waals surface area contributed by atoms with Crippen LogP contribution in [0.15, 0.2) is 18.2 Å². The molecule has 0 N–H and O–H groups in total. The Morgan fingerprint density at radius 3 is 3.14 bits per heavy atom. The van der Waals surface area contributed by atoms with Crippen LogP contribution < -0.4 is 9.64 Å². The summed E-state index contributed by atoms with van der Waals surface area (Å²) < 4.78 is 5.55. The number of hydrogen-bond donors (Lipinski definition) is 1.